The Kier molecular flexibility index (Phi) is 4.29. The number of nitrogens with one attached hydrogen (secondary N) is 1. The van der Waals surface area contributed by atoms with Crippen LogP contribution in [0.2, 0.25) is 0 Å². The Hall–Kier alpha value is -1.04. The zero-order valence-corrected chi connectivity index (χ0v) is 11.4. The van der Waals surface area contributed by atoms with Gasteiger partial charge in [0, 0.05) is 32.2 Å². The monoisotopic (exact) mass is 282 g/mol. The molecule has 110 valence electrons. The molecular weight excluding hydrogens is 262 g/mol. The van der Waals surface area contributed by atoms with E-state index in [9.17, 15) is 8.78 Å². The predicted octanol–water partition coefficient (Wildman–Crippen LogP) is 1.92. The Morgan fingerprint density at radius 1 is 1.25 bits per heavy atom. The molecule has 1 atom stereocenters. The summed E-state index contributed by atoms with van der Waals surface area (Å²) in [6.45, 7) is 4.05. The number of hydrogen-bond acceptors (Lipinski definition) is 3. The van der Waals surface area contributed by atoms with Gasteiger partial charge in [0.05, 0.1) is 12.7 Å². The van der Waals surface area contributed by atoms with E-state index in [2.05, 4.69) is 10.2 Å². The van der Waals surface area contributed by atoms with Crippen LogP contribution < -0.4 is 5.32 Å². The van der Waals surface area contributed by atoms with E-state index in [1.807, 2.05) is 0 Å². The number of hydrogen-bond donors (Lipinski definition) is 1. The Balaban J connectivity index is 1.43. The maximum absolute atomic E-state index is 13.1. The van der Waals surface area contributed by atoms with Crippen LogP contribution in [-0.4, -0.2) is 43.3 Å². The van der Waals surface area contributed by atoms with Crippen LogP contribution in [-0.2, 0) is 11.3 Å². The quantitative estimate of drug-likeness (QED) is 0.893. The molecule has 1 aliphatic carbocycles. The number of rotatable bonds is 5. The van der Waals surface area contributed by atoms with Crippen molar-refractivity contribution in [2.45, 2.75) is 31.5 Å². The van der Waals surface area contributed by atoms with E-state index in [4.69, 9.17) is 4.74 Å². The third-order valence-electron chi connectivity index (χ3n) is 3.92. The first-order chi connectivity index (χ1) is 9.72. The van der Waals surface area contributed by atoms with Gasteiger partial charge in [-0.25, -0.2) is 8.78 Å². The minimum absolute atomic E-state index is 0.189. The molecule has 0 bridgehead atoms. The summed E-state index contributed by atoms with van der Waals surface area (Å²) in [6, 6.07) is 4.77. The normalized spacial score (nSPS) is 24.0. The maximum Gasteiger partial charge on any atom is 0.159 e. The predicted molar refractivity (Wildman–Crippen MR) is 72.4 cm³/mol. The van der Waals surface area contributed by atoms with Gasteiger partial charge in [0.25, 0.3) is 0 Å². The maximum atomic E-state index is 13.1. The fourth-order valence-electron chi connectivity index (χ4n) is 2.66. The Morgan fingerprint density at radius 3 is 2.85 bits per heavy atom. The first-order valence-corrected chi connectivity index (χ1v) is 7.22. The van der Waals surface area contributed by atoms with Crippen molar-refractivity contribution in [3.05, 3.63) is 35.4 Å². The van der Waals surface area contributed by atoms with Gasteiger partial charge in [-0.15, -0.1) is 0 Å². The average molecular weight is 282 g/mol. The smallest absolute Gasteiger partial charge is 0.159 e. The van der Waals surface area contributed by atoms with Crippen LogP contribution in [0.3, 0.4) is 0 Å². The molecule has 1 aliphatic heterocycles. The second kappa shape index (κ2) is 6.16. The van der Waals surface area contributed by atoms with Crippen molar-refractivity contribution in [2.24, 2.45) is 0 Å². The molecule has 0 unspecified atom stereocenters. The van der Waals surface area contributed by atoms with Crippen LogP contribution >= 0.6 is 0 Å². The molecule has 1 aromatic carbocycles. The van der Waals surface area contributed by atoms with Gasteiger partial charge in [0.1, 0.15) is 0 Å². The lowest BCUT2D eigenvalue weighted by molar-refractivity contribution is -0.0301. The van der Waals surface area contributed by atoms with Crippen LogP contribution in [0.5, 0.6) is 0 Å². The number of nitrogens with zero attached hydrogens (tertiary/aromatic N) is 1. The van der Waals surface area contributed by atoms with Gasteiger partial charge in [-0.3, -0.25) is 4.90 Å². The molecule has 0 spiro atoms. The van der Waals surface area contributed by atoms with Crippen molar-refractivity contribution in [2.75, 3.05) is 26.2 Å². The average Bonchev–Trinajstić information content (AvgIpc) is 3.28. The third-order valence-corrected chi connectivity index (χ3v) is 3.92. The second-order valence-electron chi connectivity index (χ2n) is 5.60. The molecule has 1 saturated heterocycles. The lowest BCUT2D eigenvalue weighted by Crippen LogP contribution is -2.47. The standard InChI is InChI=1S/C15H20F2N2O/c16-14-4-1-11(7-15(14)17)8-18-9-13-10-19(5-6-20-13)12-2-3-12/h1,4,7,12-13,18H,2-3,5-6,8-10H2/t13-/m0/s1. The zero-order chi connectivity index (χ0) is 13.9. The molecule has 1 saturated carbocycles. The summed E-state index contributed by atoms with van der Waals surface area (Å²) in [5.74, 6) is -1.59. The second-order valence-corrected chi connectivity index (χ2v) is 5.60. The van der Waals surface area contributed by atoms with Crippen molar-refractivity contribution in [3.63, 3.8) is 0 Å². The van der Waals surface area contributed by atoms with Crippen LogP contribution in [0, 0.1) is 11.6 Å². The topological polar surface area (TPSA) is 24.5 Å². The summed E-state index contributed by atoms with van der Waals surface area (Å²) >= 11 is 0. The van der Waals surface area contributed by atoms with Crippen molar-refractivity contribution >= 4 is 0 Å². The van der Waals surface area contributed by atoms with E-state index in [0.717, 1.165) is 43.9 Å². The molecule has 20 heavy (non-hydrogen) atoms. The lowest BCUT2D eigenvalue weighted by atomic mass is 10.2. The van der Waals surface area contributed by atoms with Crippen molar-refractivity contribution in [1.82, 2.24) is 10.2 Å². The van der Waals surface area contributed by atoms with Crippen molar-refractivity contribution in [1.29, 1.82) is 0 Å². The number of ether oxygens (including phenoxy) is 1. The minimum Gasteiger partial charge on any atom is -0.374 e. The van der Waals surface area contributed by atoms with Gasteiger partial charge in [-0.05, 0) is 30.5 Å². The van der Waals surface area contributed by atoms with Crippen molar-refractivity contribution < 1.29 is 13.5 Å². The summed E-state index contributed by atoms with van der Waals surface area (Å²) in [5.41, 5.74) is 0.749. The van der Waals surface area contributed by atoms with Gasteiger partial charge >= 0.3 is 0 Å². The van der Waals surface area contributed by atoms with Crippen LogP contribution in [0.25, 0.3) is 0 Å². The fourth-order valence-corrected chi connectivity index (χ4v) is 2.66. The van der Waals surface area contributed by atoms with Crippen molar-refractivity contribution in [3.8, 4) is 0 Å². The number of morpholine rings is 1. The molecule has 3 nitrogen and oxygen atoms in total. The van der Waals surface area contributed by atoms with Gasteiger partial charge in [-0.1, -0.05) is 6.07 Å². The minimum atomic E-state index is -0.801. The van der Waals surface area contributed by atoms with E-state index in [-0.39, 0.29) is 6.10 Å². The van der Waals surface area contributed by atoms with Gasteiger partial charge < -0.3 is 10.1 Å². The summed E-state index contributed by atoms with van der Waals surface area (Å²) in [7, 11) is 0. The molecule has 2 aliphatic rings. The highest BCUT2D eigenvalue weighted by Gasteiger charge is 2.32. The van der Waals surface area contributed by atoms with E-state index >= 15 is 0 Å². The summed E-state index contributed by atoms with van der Waals surface area (Å²) in [6.07, 6.45) is 2.82. The lowest BCUT2D eigenvalue weighted by Gasteiger charge is -2.33. The Bertz CT molecular complexity index is 465. The van der Waals surface area contributed by atoms with E-state index < -0.39 is 11.6 Å². The van der Waals surface area contributed by atoms with Gasteiger partial charge in [-0.2, -0.15) is 0 Å². The number of halogens is 2. The largest absolute Gasteiger partial charge is 0.374 e. The molecule has 0 amide bonds. The van der Waals surface area contributed by atoms with Crippen LogP contribution in [0.15, 0.2) is 18.2 Å². The summed E-state index contributed by atoms with van der Waals surface area (Å²) in [5, 5.41) is 3.26. The molecule has 1 heterocycles. The fraction of sp³-hybridized carbons (Fsp3) is 0.600. The Morgan fingerprint density at radius 2 is 2.10 bits per heavy atom. The van der Waals surface area contributed by atoms with E-state index in [1.165, 1.54) is 18.9 Å². The van der Waals surface area contributed by atoms with Gasteiger partial charge in [0.15, 0.2) is 11.6 Å². The van der Waals surface area contributed by atoms with Gasteiger partial charge in [0.2, 0.25) is 0 Å². The molecule has 0 radical (unpaired) electrons. The first kappa shape index (κ1) is 13.9. The molecule has 2 fully saturated rings. The highest BCUT2D eigenvalue weighted by molar-refractivity contribution is 5.17. The summed E-state index contributed by atoms with van der Waals surface area (Å²) in [4.78, 5) is 2.49. The SMILES string of the molecule is Fc1ccc(CNC[C@H]2CN(C3CC3)CCO2)cc1F. The van der Waals surface area contributed by atoms with E-state index in [1.54, 1.807) is 6.07 Å². The molecule has 1 aromatic rings. The first-order valence-electron chi connectivity index (χ1n) is 7.22. The zero-order valence-electron chi connectivity index (χ0n) is 11.4. The molecule has 3 rings (SSSR count). The third kappa shape index (κ3) is 3.53. The molecule has 1 N–H and O–H groups in total. The number of benzene rings is 1. The van der Waals surface area contributed by atoms with Crippen LogP contribution in [0.1, 0.15) is 18.4 Å². The van der Waals surface area contributed by atoms with E-state index in [0.29, 0.717) is 6.54 Å². The molecular formula is C15H20F2N2O. The highest BCUT2D eigenvalue weighted by atomic mass is 19.2. The molecule has 5 heteroatoms. The Labute approximate surface area is 117 Å². The summed E-state index contributed by atoms with van der Waals surface area (Å²) < 4.78 is 31.6. The highest BCUT2D eigenvalue weighted by Crippen LogP contribution is 2.28. The molecule has 0 aromatic heterocycles. The van der Waals surface area contributed by atoms with Crippen LogP contribution in [0.4, 0.5) is 8.78 Å².